The van der Waals surface area contributed by atoms with E-state index in [2.05, 4.69) is 20.6 Å². The summed E-state index contributed by atoms with van der Waals surface area (Å²) in [5.41, 5.74) is 2.52. The number of fused-ring (bicyclic) bond motifs is 1. The van der Waals surface area contributed by atoms with Gasteiger partial charge < -0.3 is 15.6 Å². The van der Waals surface area contributed by atoms with Gasteiger partial charge in [-0.15, -0.1) is 24.0 Å². The van der Waals surface area contributed by atoms with Gasteiger partial charge >= 0.3 is 0 Å². The molecule has 1 aromatic heterocycles. The number of halogens is 2. The molecule has 9 heteroatoms. The van der Waals surface area contributed by atoms with Crippen LogP contribution in [-0.4, -0.2) is 29.0 Å². The van der Waals surface area contributed by atoms with Crippen LogP contribution in [0, 0.1) is 15.9 Å². The number of aromatic nitrogens is 1. The predicted octanol–water partition coefficient (Wildman–Crippen LogP) is 4.13. The smallest absolute Gasteiger partial charge is 0.274 e. The summed E-state index contributed by atoms with van der Waals surface area (Å²) in [5.74, 6) is 0.312. The first-order valence-corrected chi connectivity index (χ1v) is 9.08. The van der Waals surface area contributed by atoms with E-state index in [1.165, 1.54) is 18.2 Å². The van der Waals surface area contributed by atoms with Crippen LogP contribution in [0.25, 0.3) is 10.9 Å². The first-order chi connectivity index (χ1) is 13.6. The van der Waals surface area contributed by atoms with E-state index in [1.807, 2.05) is 13.1 Å². The molecule has 0 unspecified atom stereocenters. The molecule has 0 saturated heterocycles. The van der Waals surface area contributed by atoms with Crippen molar-refractivity contribution in [1.29, 1.82) is 0 Å². The van der Waals surface area contributed by atoms with Crippen LogP contribution in [0.15, 0.2) is 53.7 Å². The highest BCUT2D eigenvalue weighted by Crippen LogP contribution is 2.20. The zero-order valence-corrected chi connectivity index (χ0v) is 18.3. The Balaban J connectivity index is 0.00000300. The van der Waals surface area contributed by atoms with Crippen LogP contribution in [0.2, 0.25) is 0 Å². The fourth-order valence-electron chi connectivity index (χ4n) is 3.00. The Hall–Kier alpha value is -2.69. The number of H-pyrrole nitrogens is 1. The fraction of sp³-hybridized carbons (Fsp3) is 0.250. The minimum atomic E-state index is -0.401. The van der Waals surface area contributed by atoms with Crippen LogP contribution in [0.1, 0.15) is 18.1 Å². The third-order valence-electron chi connectivity index (χ3n) is 4.36. The Kier molecular flexibility index (Phi) is 8.37. The van der Waals surface area contributed by atoms with Gasteiger partial charge in [-0.05, 0) is 37.1 Å². The predicted molar refractivity (Wildman–Crippen MR) is 123 cm³/mol. The van der Waals surface area contributed by atoms with Gasteiger partial charge in [-0.25, -0.2) is 9.38 Å². The molecule has 3 rings (SSSR count). The standard InChI is InChI=1S/C20H22FN5O2.HI/c1-2-22-20(25-13-15-5-3-4-6-19(15)26(27)28)23-10-9-14-12-24-18-8-7-16(21)11-17(14)18;/h3-8,11-12,24H,2,9-10,13H2,1H3,(H2,22,23,25);1H. The van der Waals surface area contributed by atoms with Crippen molar-refractivity contribution in [3.8, 4) is 0 Å². The third kappa shape index (κ3) is 5.89. The summed E-state index contributed by atoms with van der Waals surface area (Å²) in [6.07, 6.45) is 2.56. The monoisotopic (exact) mass is 511 g/mol. The van der Waals surface area contributed by atoms with E-state index >= 15 is 0 Å². The molecule has 3 N–H and O–H groups in total. The first-order valence-electron chi connectivity index (χ1n) is 9.08. The van der Waals surface area contributed by atoms with Gasteiger partial charge in [-0.3, -0.25) is 10.1 Å². The fourth-order valence-corrected chi connectivity index (χ4v) is 3.00. The molecule has 0 saturated carbocycles. The minimum Gasteiger partial charge on any atom is -0.361 e. The van der Waals surface area contributed by atoms with E-state index in [-0.39, 0.29) is 42.0 Å². The van der Waals surface area contributed by atoms with E-state index in [0.717, 1.165) is 16.5 Å². The molecule has 1 heterocycles. The van der Waals surface area contributed by atoms with Gasteiger partial charge in [0.15, 0.2) is 5.96 Å². The number of nitro benzene ring substituents is 1. The second kappa shape index (κ2) is 10.7. The number of nitro groups is 1. The summed E-state index contributed by atoms with van der Waals surface area (Å²) >= 11 is 0. The van der Waals surface area contributed by atoms with Crippen LogP contribution < -0.4 is 10.6 Å². The maximum absolute atomic E-state index is 13.5. The highest BCUT2D eigenvalue weighted by Gasteiger charge is 2.12. The van der Waals surface area contributed by atoms with Gasteiger partial charge in [0.25, 0.3) is 5.69 Å². The first kappa shape index (κ1) is 22.6. The Labute approximate surface area is 185 Å². The molecule has 0 atom stereocenters. The molecule has 7 nitrogen and oxygen atoms in total. The summed E-state index contributed by atoms with van der Waals surface area (Å²) < 4.78 is 13.5. The number of rotatable bonds is 7. The second-order valence-electron chi connectivity index (χ2n) is 6.26. The van der Waals surface area contributed by atoms with Crippen molar-refractivity contribution >= 4 is 46.5 Å². The number of benzene rings is 2. The van der Waals surface area contributed by atoms with E-state index in [9.17, 15) is 14.5 Å². The lowest BCUT2D eigenvalue weighted by molar-refractivity contribution is -0.385. The molecule has 29 heavy (non-hydrogen) atoms. The van der Waals surface area contributed by atoms with Gasteiger partial charge in [0.2, 0.25) is 0 Å². The van der Waals surface area contributed by atoms with Crippen LogP contribution in [0.4, 0.5) is 10.1 Å². The van der Waals surface area contributed by atoms with Gasteiger partial charge in [0, 0.05) is 36.3 Å². The summed E-state index contributed by atoms with van der Waals surface area (Å²) in [4.78, 5) is 18.3. The molecule has 154 valence electrons. The number of hydrogen-bond acceptors (Lipinski definition) is 3. The summed E-state index contributed by atoms with van der Waals surface area (Å²) in [5, 5.41) is 18.3. The van der Waals surface area contributed by atoms with E-state index in [4.69, 9.17) is 0 Å². The molecule has 0 amide bonds. The normalized spacial score (nSPS) is 11.2. The molecule has 2 aromatic carbocycles. The van der Waals surface area contributed by atoms with Crippen LogP contribution in [0.3, 0.4) is 0 Å². The van der Waals surface area contributed by atoms with Crippen molar-refractivity contribution in [2.75, 3.05) is 13.1 Å². The Morgan fingerprint density at radius 1 is 1.21 bits per heavy atom. The zero-order valence-electron chi connectivity index (χ0n) is 15.9. The molecule has 0 aliphatic rings. The number of aromatic amines is 1. The van der Waals surface area contributed by atoms with E-state index in [0.29, 0.717) is 31.0 Å². The summed E-state index contributed by atoms with van der Waals surface area (Å²) in [6, 6.07) is 11.2. The minimum absolute atomic E-state index is 0. The van der Waals surface area contributed by atoms with Gasteiger partial charge in [-0.2, -0.15) is 0 Å². The number of hydrogen-bond donors (Lipinski definition) is 3. The Morgan fingerprint density at radius 2 is 2.00 bits per heavy atom. The Morgan fingerprint density at radius 3 is 2.76 bits per heavy atom. The maximum atomic E-state index is 13.5. The number of para-hydroxylation sites is 1. The quantitative estimate of drug-likeness (QED) is 0.146. The van der Waals surface area contributed by atoms with E-state index in [1.54, 1.807) is 24.3 Å². The van der Waals surface area contributed by atoms with Crippen molar-refractivity contribution in [3.05, 3.63) is 75.7 Å². The topological polar surface area (TPSA) is 95.3 Å². The molecule has 3 aromatic rings. The SMILES string of the molecule is CCNC(=NCc1ccccc1[N+](=O)[O-])NCCc1c[nH]c2ccc(F)cc12.I. The average molecular weight is 511 g/mol. The second-order valence-corrected chi connectivity index (χ2v) is 6.26. The van der Waals surface area contributed by atoms with Gasteiger partial charge in [-0.1, -0.05) is 18.2 Å². The summed E-state index contributed by atoms with van der Waals surface area (Å²) in [6.45, 7) is 3.41. The molecule has 0 bridgehead atoms. The molecule has 0 fully saturated rings. The average Bonchev–Trinajstić information content (AvgIpc) is 3.08. The van der Waals surface area contributed by atoms with Crippen molar-refractivity contribution in [3.63, 3.8) is 0 Å². The van der Waals surface area contributed by atoms with E-state index < -0.39 is 4.92 Å². The number of nitrogens with zero attached hydrogens (tertiary/aromatic N) is 2. The number of nitrogens with one attached hydrogen (secondary N) is 3. The third-order valence-corrected chi connectivity index (χ3v) is 4.36. The van der Waals surface area contributed by atoms with Crippen LogP contribution >= 0.6 is 24.0 Å². The molecule has 0 spiro atoms. The maximum Gasteiger partial charge on any atom is 0.274 e. The van der Waals surface area contributed by atoms with Gasteiger partial charge in [0.1, 0.15) is 5.82 Å². The van der Waals surface area contributed by atoms with Crippen LogP contribution in [-0.2, 0) is 13.0 Å². The molecular weight excluding hydrogens is 488 g/mol. The molecule has 0 aliphatic carbocycles. The lowest BCUT2D eigenvalue weighted by Crippen LogP contribution is -2.38. The Bertz CT molecular complexity index is 1010. The lowest BCUT2D eigenvalue weighted by Gasteiger charge is -2.11. The lowest BCUT2D eigenvalue weighted by atomic mass is 10.1. The summed E-state index contributed by atoms with van der Waals surface area (Å²) in [7, 11) is 0. The largest absolute Gasteiger partial charge is 0.361 e. The molecular formula is C20H23FIN5O2. The highest BCUT2D eigenvalue weighted by molar-refractivity contribution is 14.0. The van der Waals surface area contributed by atoms with Crippen molar-refractivity contribution in [2.45, 2.75) is 19.9 Å². The molecule has 0 radical (unpaired) electrons. The van der Waals surface area contributed by atoms with Crippen molar-refractivity contribution in [1.82, 2.24) is 15.6 Å². The molecule has 0 aliphatic heterocycles. The highest BCUT2D eigenvalue weighted by atomic mass is 127. The number of aliphatic imine (C=N–C) groups is 1. The van der Waals surface area contributed by atoms with Crippen LogP contribution in [0.5, 0.6) is 0 Å². The van der Waals surface area contributed by atoms with Crippen molar-refractivity contribution in [2.24, 2.45) is 4.99 Å². The zero-order chi connectivity index (χ0) is 19.9. The van der Waals surface area contributed by atoms with Gasteiger partial charge in [0.05, 0.1) is 17.0 Å². The van der Waals surface area contributed by atoms with Crippen molar-refractivity contribution < 1.29 is 9.31 Å². The number of guanidine groups is 1.